The topological polar surface area (TPSA) is 107 Å². The molecule has 1 atom stereocenters. The number of methoxy groups -OCH3 is 4. The largest absolute Gasteiger partial charge is 0.493 e. The van der Waals surface area contributed by atoms with Crippen molar-refractivity contribution in [2.45, 2.75) is 47.3 Å². The number of aromatic nitrogens is 1. The minimum absolute atomic E-state index is 0.161. The zero-order valence-electron chi connectivity index (χ0n) is 28.7. The highest BCUT2D eigenvalue weighted by Gasteiger charge is 2.34. The first-order chi connectivity index (χ1) is 23.0. The molecule has 0 radical (unpaired) electrons. The van der Waals surface area contributed by atoms with E-state index in [1.165, 1.54) is 53.9 Å². The SMILES string of the molecule is CCOC(=O)C1=C(C)N=c2s/c(=C\c3ccc(OCc4c(C)cc(C)cc4C)c(OC)c3)c(=O)n2[C@H]1c1cc(OC)c(OC)c(OC)c1. The summed E-state index contributed by atoms with van der Waals surface area (Å²) < 4.78 is 36.0. The van der Waals surface area contributed by atoms with Crippen LogP contribution in [0, 0.1) is 20.8 Å². The minimum atomic E-state index is -0.866. The van der Waals surface area contributed by atoms with Crippen LogP contribution in [0.5, 0.6) is 28.7 Å². The van der Waals surface area contributed by atoms with Gasteiger partial charge >= 0.3 is 5.97 Å². The number of ether oxygens (including phenoxy) is 6. The molecule has 0 saturated heterocycles. The summed E-state index contributed by atoms with van der Waals surface area (Å²) in [5, 5.41) is 0. The van der Waals surface area contributed by atoms with Crippen molar-refractivity contribution >= 4 is 23.4 Å². The fraction of sp³-hybridized carbons (Fsp3) is 0.324. The van der Waals surface area contributed by atoms with Crippen LogP contribution in [0.3, 0.4) is 0 Å². The second-order valence-corrected chi connectivity index (χ2v) is 12.3. The molecule has 0 N–H and O–H groups in total. The number of aryl methyl sites for hydroxylation is 3. The Kier molecular flexibility index (Phi) is 10.3. The van der Waals surface area contributed by atoms with Crippen LogP contribution in [0.25, 0.3) is 6.08 Å². The lowest BCUT2D eigenvalue weighted by molar-refractivity contribution is -0.139. The molecule has 0 unspecified atom stereocenters. The highest BCUT2D eigenvalue weighted by molar-refractivity contribution is 7.07. The molecule has 5 rings (SSSR count). The third-order valence-electron chi connectivity index (χ3n) is 8.22. The molecule has 4 aromatic rings. The molecule has 0 spiro atoms. The Balaban J connectivity index is 1.59. The Bertz CT molecular complexity index is 2040. The lowest BCUT2D eigenvalue weighted by atomic mass is 9.95. The molecule has 0 aliphatic carbocycles. The van der Waals surface area contributed by atoms with Crippen molar-refractivity contribution in [3.05, 3.63) is 107 Å². The van der Waals surface area contributed by atoms with Crippen molar-refractivity contribution in [1.82, 2.24) is 4.57 Å². The van der Waals surface area contributed by atoms with Gasteiger partial charge in [-0.3, -0.25) is 9.36 Å². The molecule has 1 aliphatic heterocycles. The van der Waals surface area contributed by atoms with E-state index in [2.05, 4.69) is 37.9 Å². The van der Waals surface area contributed by atoms with E-state index in [1.807, 2.05) is 18.2 Å². The average molecular weight is 673 g/mol. The molecule has 0 amide bonds. The van der Waals surface area contributed by atoms with Gasteiger partial charge in [0.15, 0.2) is 27.8 Å². The summed E-state index contributed by atoms with van der Waals surface area (Å²) in [5.41, 5.74) is 6.35. The summed E-state index contributed by atoms with van der Waals surface area (Å²) in [7, 11) is 6.11. The van der Waals surface area contributed by atoms with E-state index < -0.39 is 12.0 Å². The second-order valence-electron chi connectivity index (χ2n) is 11.3. The zero-order chi connectivity index (χ0) is 34.7. The molecule has 0 saturated carbocycles. The number of fused-ring (bicyclic) bond motifs is 1. The molecule has 2 heterocycles. The number of rotatable bonds is 11. The van der Waals surface area contributed by atoms with Gasteiger partial charge in [-0.1, -0.05) is 35.1 Å². The van der Waals surface area contributed by atoms with Gasteiger partial charge in [0.2, 0.25) is 5.75 Å². The first-order valence-electron chi connectivity index (χ1n) is 15.4. The highest BCUT2D eigenvalue weighted by atomic mass is 32.1. The second kappa shape index (κ2) is 14.4. The van der Waals surface area contributed by atoms with Crippen LogP contribution in [0.15, 0.2) is 63.5 Å². The van der Waals surface area contributed by atoms with Crippen molar-refractivity contribution in [2.75, 3.05) is 35.0 Å². The van der Waals surface area contributed by atoms with Crippen LogP contribution in [0.2, 0.25) is 0 Å². The van der Waals surface area contributed by atoms with Crippen molar-refractivity contribution in [1.29, 1.82) is 0 Å². The van der Waals surface area contributed by atoms with Crippen molar-refractivity contribution in [3.63, 3.8) is 0 Å². The fourth-order valence-corrected chi connectivity index (χ4v) is 7.04. The van der Waals surface area contributed by atoms with Crippen LogP contribution >= 0.6 is 11.3 Å². The zero-order valence-corrected chi connectivity index (χ0v) is 29.5. The van der Waals surface area contributed by atoms with Gasteiger partial charge in [0.05, 0.1) is 56.9 Å². The highest BCUT2D eigenvalue weighted by Crippen LogP contribution is 2.42. The Hall–Kier alpha value is -5.03. The van der Waals surface area contributed by atoms with Gasteiger partial charge in [-0.05, 0) is 92.8 Å². The molecule has 48 heavy (non-hydrogen) atoms. The summed E-state index contributed by atoms with van der Waals surface area (Å²) in [6, 6.07) is 12.4. The predicted molar refractivity (Wildman–Crippen MR) is 184 cm³/mol. The summed E-state index contributed by atoms with van der Waals surface area (Å²) in [6.07, 6.45) is 1.78. The maximum Gasteiger partial charge on any atom is 0.338 e. The summed E-state index contributed by atoms with van der Waals surface area (Å²) >= 11 is 1.23. The molecule has 0 bridgehead atoms. The van der Waals surface area contributed by atoms with E-state index >= 15 is 0 Å². The number of carbonyl (C=O) groups is 1. The van der Waals surface area contributed by atoms with Gasteiger partial charge in [-0.15, -0.1) is 0 Å². The number of thiazole rings is 1. The molecule has 1 aromatic heterocycles. The van der Waals surface area contributed by atoms with E-state index in [1.54, 1.807) is 39.2 Å². The van der Waals surface area contributed by atoms with Crippen molar-refractivity contribution < 1.29 is 33.2 Å². The maximum absolute atomic E-state index is 14.2. The summed E-state index contributed by atoms with van der Waals surface area (Å²) in [5.74, 6) is 1.72. The third-order valence-corrected chi connectivity index (χ3v) is 9.20. The van der Waals surface area contributed by atoms with Crippen LogP contribution < -0.4 is 38.6 Å². The predicted octanol–water partition coefficient (Wildman–Crippen LogP) is 5.34. The normalized spacial score (nSPS) is 14.3. The summed E-state index contributed by atoms with van der Waals surface area (Å²) in [6.45, 7) is 10.3. The van der Waals surface area contributed by atoms with Gasteiger partial charge in [0.1, 0.15) is 6.61 Å². The monoisotopic (exact) mass is 672 g/mol. The van der Waals surface area contributed by atoms with Crippen LogP contribution in [0.1, 0.15) is 53.3 Å². The molecule has 0 fully saturated rings. The number of benzene rings is 3. The number of hydrogen-bond acceptors (Lipinski definition) is 10. The molecule has 252 valence electrons. The van der Waals surface area contributed by atoms with E-state index in [0.29, 0.717) is 55.9 Å². The van der Waals surface area contributed by atoms with Gasteiger partial charge < -0.3 is 28.4 Å². The molecule has 3 aromatic carbocycles. The van der Waals surface area contributed by atoms with E-state index in [4.69, 9.17) is 28.4 Å². The molecule has 10 nitrogen and oxygen atoms in total. The van der Waals surface area contributed by atoms with Crippen LogP contribution in [-0.2, 0) is 16.1 Å². The summed E-state index contributed by atoms with van der Waals surface area (Å²) in [4.78, 5) is 32.7. The fourth-order valence-electron chi connectivity index (χ4n) is 6.00. The van der Waals surface area contributed by atoms with Crippen molar-refractivity contribution in [3.8, 4) is 28.7 Å². The van der Waals surface area contributed by atoms with Crippen LogP contribution in [-0.4, -0.2) is 45.6 Å². The number of allylic oxidation sites excluding steroid dienone is 1. The Morgan fingerprint density at radius 1 is 0.875 bits per heavy atom. The molecule has 1 aliphatic rings. The Labute approximate surface area is 283 Å². The Morgan fingerprint density at radius 2 is 1.52 bits per heavy atom. The van der Waals surface area contributed by atoms with Crippen LogP contribution in [0.4, 0.5) is 0 Å². The van der Waals surface area contributed by atoms with E-state index in [9.17, 15) is 9.59 Å². The number of nitrogens with zero attached hydrogens (tertiary/aromatic N) is 2. The Morgan fingerprint density at radius 3 is 2.10 bits per heavy atom. The molecular weight excluding hydrogens is 632 g/mol. The minimum Gasteiger partial charge on any atom is -0.493 e. The van der Waals surface area contributed by atoms with E-state index in [0.717, 1.165) is 11.1 Å². The lowest BCUT2D eigenvalue weighted by Crippen LogP contribution is -2.40. The standard InChI is InChI=1S/C37H40N2O8S/c1-10-46-36(41)32-23(5)38-37-39(33(32)25-17-29(43-7)34(45-9)30(18-25)44-8)35(40)31(48-37)16-24-11-12-27(28(15-24)42-6)47-19-26-21(3)13-20(2)14-22(26)4/h11-18,33H,10,19H2,1-9H3/b31-16-/t33-/m0/s1. The molecular formula is C37H40N2O8S. The third kappa shape index (κ3) is 6.55. The number of carbonyl (C=O) groups excluding carboxylic acids is 1. The van der Waals surface area contributed by atoms with E-state index in [-0.39, 0.29) is 17.7 Å². The quantitative estimate of drug-likeness (QED) is 0.197. The first-order valence-corrected chi connectivity index (χ1v) is 16.2. The van der Waals surface area contributed by atoms with Gasteiger partial charge in [-0.25, -0.2) is 9.79 Å². The van der Waals surface area contributed by atoms with Crippen molar-refractivity contribution in [2.24, 2.45) is 4.99 Å². The number of hydrogen-bond donors (Lipinski definition) is 0. The maximum atomic E-state index is 14.2. The van der Waals surface area contributed by atoms with Gasteiger partial charge in [-0.2, -0.15) is 0 Å². The smallest absolute Gasteiger partial charge is 0.338 e. The van der Waals surface area contributed by atoms with Gasteiger partial charge in [0.25, 0.3) is 5.56 Å². The lowest BCUT2D eigenvalue weighted by Gasteiger charge is -2.26. The average Bonchev–Trinajstić information content (AvgIpc) is 3.36. The van der Waals surface area contributed by atoms with Gasteiger partial charge in [0, 0.05) is 0 Å². The molecule has 11 heteroatoms. The first kappa shape index (κ1) is 34.3. The number of esters is 1.